The van der Waals surface area contributed by atoms with Crippen LogP contribution in [0.1, 0.15) is 10.4 Å². The average Bonchev–Trinajstić information content (AvgIpc) is 2.69. The van der Waals surface area contributed by atoms with E-state index < -0.39 is 0 Å². The maximum atomic E-state index is 12.4. The van der Waals surface area contributed by atoms with E-state index in [0.29, 0.717) is 22.9 Å². The fourth-order valence-electron chi connectivity index (χ4n) is 2.68. The first-order valence-electron chi connectivity index (χ1n) is 8.29. The van der Waals surface area contributed by atoms with Gasteiger partial charge in [0.05, 0.1) is 5.52 Å². The van der Waals surface area contributed by atoms with Crippen LogP contribution in [0, 0.1) is 0 Å². The topological polar surface area (TPSA) is 106 Å². The molecular weight excluding hydrogens is 340 g/mol. The molecule has 0 atom stereocenters. The Kier molecular flexibility index (Phi) is 4.32. The quantitative estimate of drug-likeness (QED) is 0.516. The largest absolute Gasteiger partial charge is 0.384 e. The van der Waals surface area contributed by atoms with Gasteiger partial charge >= 0.3 is 0 Å². The highest BCUT2D eigenvalue weighted by Gasteiger charge is 2.08. The number of amides is 1. The Balaban J connectivity index is 1.51. The van der Waals surface area contributed by atoms with E-state index in [1.54, 1.807) is 30.5 Å². The highest BCUT2D eigenvalue weighted by Crippen LogP contribution is 2.23. The minimum absolute atomic E-state index is 0.223. The van der Waals surface area contributed by atoms with Crippen molar-refractivity contribution in [3.63, 3.8) is 0 Å². The lowest BCUT2D eigenvalue weighted by Crippen LogP contribution is -2.12. The second-order valence-electron chi connectivity index (χ2n) is 5.87. The zero-order chi connectivity index (χ0) is 18.6. The molecule has 0 saturated heterocycles. The molecule has 2 aromatic carbocycles. The van der Waals surface area contributed by atoms with Crippen LogP contribution in [0.25, 0.3) is 10.9 Å². The lowest BCUT2D eigenvalue weighted by atomic mass is 10.2. The number of carbonyl (C=O) groups excluding carboxylic acids is 1. The van der Waals surface area contributed by atoms with Crippen LogP contribution in [0.15, 0.2) is 73.2 Å². The highest BCUT2D eigenvalue weighted by molar-refractivity contribution is 6.04. The molecule has 0 saturated carbocycles. The molecule has 0 aliphatic rings. The van der Waals surface area contributed by atoms with Crippen molar-refractivity contribution < 1.29 is 4.79 Å². The number of nitrogens with two attached hydrogens (primary N) is 1. The van der Waals surface area contributed by atoms with E-state index in [9.17, 15) is 4.79 Å². The average molecular weight is 356 g/mol. The third-order valence-corrected chi connectivity index (χ3v) is 3.99. The van der Waals surface area contributed by atoms with Gasteiger partial charge in [0.1, 0.15) is 18.0 Å². The Morgan fingerprint density at radius 3 is 2.52 bits per heavy atom. The van der Waals surface area contributed by atoms with Crippen molar-refractivity contribution >= 4 is 39.8 Å². The molecule has 0 fully saturated rings. The van der Waals surface area contributed by atoms with E-state index in [0.717, 1.165) is 16.6 Å². The molecule has 2 heterocycles. The molecule has 132 valence electrons. The number of hydrogen-bond donors (Lipinski definition) is 3. The van der Waals surface area contributed by atoms with Crippen LogP contribution in [0.2, 0.25) is 0 Å². The minimum atomic E-state index is -0.223. The van der Waals surface area contributed by atoms with E-state index >= 15 is 0 Å². The summed E-state index contributed by atoms with van der Waals surface area (Å²) >= 11 is 0. The van der Waals surface area contributed by atoms with E-state index in [4.69, 9.17) is 5.73 Å². The Morgan fingerprint density at radius 1 is 0.889 bits per heavy atom. The summed E-state index contributed by atoms with van der Waals surface area (Å²) in [6, 6.07) is 18.2. The van der Waals surface area contributed by atoms with Crippen LogP contribution in [0.3, 0.4) is 0 Å². The van der Waals surface area contributed by atoms with Gasteiger partial charge in [0.25, 0.3) is 5.91 Å². The van der Waals surface area contributed by atoms with Gasteiger partial charge in [-0.15, -0.1) is 0 Å². The normalized spacial score (nSPS) is 10.5. The zero-order valence-electron chi connectivity index (χ0n) is 14.3. The third-order valence-electron chi connectivity index (χ3n) is 3.99. The lowest BCUT2D eigenvalue weighted by molar-refractivity contribution is 0.102. The van der Waals surface area contributed by atoms with Crippen molar-refractivity contribution in [3.05, 3.63) is 78.8 Å². The smallest absolute Gasteiger partial charge is 0.255 e. The lowest BCUT2D eigenvalue weighted by Gasteiger charge is -2.09. The summed E-state index contributed by atoms with van der Waals surface area (Å²) in [6.45, 7) is 0. The highest BCUT2D eigenvalue weighted by atomic mass is 16.1. The predicted octanol–water partition coefficient (Wildman–Crippen LogP) is 3.60. The van der Waals surface area contributed by atoms with Gasteiger partial charge in [-0.05, 0) is 42.5 Å². The molecule has 0 unspecified atom stereocenters. The fourth-order valence-corrected chi connectivity index (χ4v) is 2.68. The first kappa shape index (κ1) is 16.5. The molecule has 4 rings (SSSR count). The van der Waals surface area contributed by atoms with Crippen LogP contribution in [0.4, 0.5) is 23.0 Å². The van der Waals surface area contributed by atoms with Crippen molar-refractivity contribution in [2.75, 3.05) is 16.4 Å². The van der Waals surface area contributed by atoms with Crippen molar-refractivity contribution in [3.8, 4) is 0 Å². The number of hydrogen-bond acceptors (Lipinski definition) is 6. The van der Waals surface area contributed by atoms with Crippen LogP contribution in [0.5, 0.6) is 0 Å². The summed E-state index contributed by atoms with van der Waals surface area (Å²) in [6.07, 6.45) is 3.07. The molecule has 0 bridgehead atoms. The molecule has 0 spiro atoms. The van der Waals surface area contributed by atoms with E-state index in [-0.39, 0.29) is 5.91 Å². The zero-order valence-corrected chi connectivity index (χ0v) is 14.3. The predicted molar refractivity (Wildman–Crippen MR) is 106 cm³/mol. The van der Waals surface area contributed by atoms with Gasteiger partial charge in [0, 0.05) is 34.6 Å². The maximum Gasteiger partial charge on any atom is 0.255 e. The number of anilines is 4. The number of benzene rings is 2. The number of nitrogen functional groups attached to an aromatic ring is 1. The van der Waals surface area contributed by atoms with E-state index in [2.05, 4.69) is 25.6 Å². The number of carbonyl (C=O) groups is 1. The van der Waals surface area contributed by atoms with Crippen LogP contribution in [-0.2, 0) is 0 Å². The van der Waals surface area contributed by atoms with E-state index in [1.807, 2.05) is 36.4 Å². The van der Waals surface area contributed by atoms with Gasteiger partial charge < -0.3 is 16.4 Å². The Morgan fingerprint density at radius 2 is 1.70 bits per heavy atom. The second-order valence-corrected chi connectivity index (χ2v) is 5.87. The van der Waals surface area contributed by atoms with Gasteiger partial charge in [-0.2, -0.15) is 0 Å². The first-order valence-corrected chi connectivity index (χ1v) is 8.29. The fraction of sp³-hybridized carbons (Fsp3) is 0. The molecule has 0 aliphatic carbocycles. The number of para-hydroxylation sites is 1. The summed E-state index contributed by atoms with van der Waals surface area (Å²) in [5.74, 6) is 0.842. The monoisotopic (exact) mass is 356 g/mol. The molecule has 27 heavy (non-hydrogen) atoms. The van der Waals surface area contributed by atoms with E-state index in [1.165, 1.54) is 6.33 Å². The minimum Gasteiger partial charge on any atom is -0.384 e. The van der Waals surface area contributed by atoms with Crippen LogP contribution in [-0.4, -0.2) is 20.9 Å². The van der Waals surface area contributed by atoms with Gasteiger partial charge in [0.2, 0.25) is 0 Å². The molecular formula is C20H16N6O. The second kappa shape index (κ2) is 7.09. The molecule has 4 aromatic rings. The summed E-state index contributed by atoms with van der Waals surface area (Å²) in [5, 5.41) is 6.98. The summed E-state index contributed by atoms with van der Waals surface area (Å²) in [4.78, 5) is 24.8. The number of rotatable bonds is 4. The first-order chi connectivity index (χ1) is 13.2. The van der Waals surface area contributed by atoms with Crippen LogP contribution >= 0.6 is 0 Å². The number of aromatic nitrogens is 3. The Labute approximate surface area is 155 Å². The molecule has 2 aromatic heterocycles. The summed E-state index contributed by atoms with van der Waals surface area (Å²) in [7, 11) is 0. The molecule has 1 amide bonds. The number of pyridine rings is 1. The summed E-state index contributed by atoms with van der Waals surface area (Å²) < 4.78 is 0. The van der Waals surface area contributed by atoms with Crippen molar-refractivity contribution in [1.29, 1.82) is 0 Å². The Hall–Kier alpha value is -4.00. The van der Waals surface area contributed by atoms with Gasteiger partial charge in [0.15, 0.2) is 0 Å². The van der Waals surface area contributed by atoms with Gasteiger partial charge in [-0.3, -0.25) is 4.79 Å². The number of nitrogens with one attached hydrogen (secondary N) is 2. The van der Waals surface area contributed by atoms with Crippen molar-refractivity contribution in [1.82, 2.24) is 15.0 Å². The molecule has 0 aliphatic heterocycles. The van der Waals surface area contributed by atoms with Gasteiger partial charge in [-0.25, -0.2) is 15.0 Å². The third kappa shape index (κ3) is 3.67. The number of fused-ring (bicyclic) bond motifs is 1. The summed E-state index contributed by atoms with van der Waals surface area (Å²) in [5.41, 5.74) is 8.44. The molecule has 4 N–H and O–H groups in total. The molecule has 7 nitrogen and oxygen atoms in total. The SMILES string of the molecule is Nc1cc(NC(=O)c2ccc(Nc3ncnc4ccccc34)cc2)ccn1. The Bertz CT molecular complexity index is 1110. The number of nitrogens with zero attached hydrogens (tertiary/aromatic N) is 3. The standard InChI is InChI=1S/C20H16N6O/c21-18-11-15(9-10-22-18)26-20(27)13-5-7-14(8-6-13)25-19-16-3-1-2-4-17(16)23-12-24-19/h1-12H,(H,23,24,25)(H3,21,22,26,27). The van der Waals surface area contributed by atoms with Crippen LogP contribution < -0.4 is 16.4 Å². The van der Waals surface area contributed by atoms with Crippen molar-refractivity contribution in [2.24, 2.45) is 0 Å². The molecule has 7 heteroatoms. The van der Waals surface area contributed by atoms with Gasteiger partial charge in [-0.1, -0.05) is 12.1 Å². The maximum absolute atomic E-state index is 12.4. The molecule has 0 radical (unpaired) electrons. The van der Waals surface area contributed by atoms with Crippen molar-refractivity contribution in [2.45, 2.75) is 0 Å².